The molecule has 24 heavy (non-hydrogen) atoms. The average molecular weight is 323 g/mol. The van der Waals surface area contributed by atoms with Crippen LogP contribution < -0.4 is 0 Å². The van der Waals surface area contributed by atoms with E-state index in [2.05, 4.69) is 17.2 Å². The van der Waals surface area contributed by atoms with Crippen LogP contribution in [0.15, 0.2) is 53.1 Å². The Labute approximate surface area is 141 Å². The summed E-state index contributed by atoms with van der Waals surface area (Å²) in [5.41, 5.74) is 3.46. The molecular formula is C19H21N3O2. The summed E-state index contributed by atoms with van der Waals surface area (Å²) < 4.78 is 7.21. The summed E-state index contributed by atoms with van der Waals surface area (Å²) >= 11 is 0. The molecule has 0 aliphatic heterocycles. The molecule has 1 amide bonds. The smallest absolute Gasteiger partial charge is 0.257 e. The van der Waals surface area contributed by atoms with E-state index in [0.29, 0.717) is 18.7 Å². The Balaban J connectivity index is 1.81. The summed E-state index contributed by atoms with van der Waals surface area (Å²) in [4.78, 5) is 14.5. The predicted octanol–water partition coefficient (Wildman–Crippen LogP) is 3.41. The Bertz CT molecular complexity index is 820. The minimum Gasteiger partial charge on any atom is -0.467 e. The molecule has 5 nitrogen and oxygen atoms in total. The van der Waals surface area contributed by atoms with Crippen molar-refractivity contribution in [1.82, 2.24) is 14.7 Å². The fourth-order valence-corrected chi connectivity index (χ4v) is 2.82. The summed E-state index contributed by atoms with van der Waals surface area (Å²) in [5.74, 6) is 0.721. The topological polar surface area (TPSA) is 51.3 Å². The van der Waals surface area contributed by atoms with Gasteiger partial charge in [0.05, 0.1) is 30.6 Å². The molecule has 0 radical (unpaired) electrons. The highest BCUT2D eigenvalue weighted by Gasteiger charge is 2.22. The van der Waals surface area contributed by atoms with Gasteiger partial charge in [0.1, 0.15) is 5.76 Å². The van der Waals surface area contributed by atoms with Crippen LogP contribution in [0.25, 0.3) is 0 Å². The van der Waals surface area contributed by atoms with Crippen molar-refractivity contribution in [3.63, 3.8) is 0 Å². The van der Waals surface area contributed by atoms with Gasteiger partial charge >= 0.3 is 0 Å². The van der Waals surface area contributed by atoms with Gasteiger partial charge in [0.2, 0.25) is 0 Å². The fourth-order valence-electron chi connectivity index (χ4n) is 2.82. The van der Waals surface area contributed by atoms with Gasteiger partial charge in [-0.3, -0.25) is 9.48 Å². The van der Waals surface area contributed by atoms with Crippen molar-refractivity contribution >= 4 is 5.91 Å². The number of rotatable bonds is 5. The molecule has 0 N–H and O–H groups in total. The minimum atomic E-state index is -0.0410. The van der Waals surface area contributed by atoms with E-state index in [0.717, 1.165) is 22.7 Å². The second kappa shape index (κ2) is 6.74. The van der Waals surface area contributed by atoms with Gasteiger partial charge in [-0.15, -0.1) is 0 Å². The first-order chi connectivity index (χ1) is 11.6. The van der Waals surface area contributed by atoms with Gasteiger partial charge in [-0.2, -0.15) is 5.10 Å². The number of carbonyl (C=O) groups is 1. The fraction of sp³-hybridized carbons (Fsp3) is 0.263. The van der Waals surface area contributed by atoms with Crippen LogP contribution in [0, 0.1) is 13.8 Å². The predicted molar refractivity (Wildman–Crippen MR) is 91.8 cm³/mol. The standard InChI is InChI=1S/C19H21N3O2/c1-14-18(19(23)21(3)13-17-10-7-11-24-17)15(2)22(20-14)12-16-8-5-4-6-9-16/h4-11H,12-13H2,1-3H3. The molecule has 0 aliphatic rings. The summed E-state index contributed by atoms with van der Waals surface area (Å²) in [5, 5.41) is 4.55. The number of hydrogen-bond acceptors (Lipinski definition) is 3. The highest BCUT2D eigenvalue weighted by Crippen LogP contribution is 2.18. The lowest BCUT2D eigenvalue weighted by Crippen LogP contribution is -2.27. The number of hydrogen-bond donors (Lipinski definition) is 0. The van der Waals surface area contributed by atoms with Crippen molar-refractivity contribution < 1.29 is 9.21 Å². The van der Waals surface area contributed by atoms with Crippen molar-refractivity contribution in [3.05, 3.63) is 77.0 Å². The minimum absolute atomic E-state index is 0.0410. The molecule has 3 aromatic rings. The third-order valence-corrected chi connectivity index (χ3v) is 4.09. The van der Waals surface area contributed by atoms with Crippen LogP contribution in [0.2, 0.25) is 0 Å². The second-order valence-corrected chi connectivity index (χ2v) is 5.93. The molecule has 0 saturated carbocycles. The van der Waals surface area contributed by atoms with Gasteiger partial charge in [-0.25, -0.2) is 0 Å². The van der Waals surface area contributed by atoms with E-state index in [4.69, 9.17) is 4.42 Å². The lowest BCUT2D eigenvalue weighted by atomic mass is 10.1. The number of benzene rings is 1. The maximum Gasteiger partial charge on any atom is 0.257 e. The summed E-state index contributed by atoms with van der Waals surface area (Å²) in [6.45, 7) is 4.91. The number of carbonyl (C=O) groups excluding carboxylic acids is 1. The average Bonchev–Trinajstić information content (AvgIpc) is 3.16. The molecule has 0 spiro atoms. The van der Waals surface area contributed by atoms with Crippen molar-refractivity contribution in [2.24, 2.45) is 0 Å². The van der Waals surface area contributed by atoms with E-state index in [1.807, 2.05) is 48.9 Å². The van der Waals surface area contributed by atoms with E-state index in [-0.39, 0.29) is 5.91 Å². The lowest BCUT2D eigenvalue weighted by molar-refractivity contribution is 0.0774. The molecule has 3 rings (SSSR count). The molecule has 0 saturated heterocycles. The molecular weight excluding hydrogens is 302 g/mol. The first-order valence-electron chi connectivity index (χ1n) is 7.92. The zero-order chi connectivity index (χ0) is 17.1. The third kappa shape index (κ3) is 3.25. The zero-order valence-electron chi connectivity index (χ0n) is 14.2. The monoisotopic (exact) mass is 323 g/mol. The van der Waals surface area contributed by atoms with Gasteiger partial charge in [-0.1, -0.05) is 30.3 Å². The van der Waals surface area contributed by atoms with Crippen molar-refractivity contribution in [3.8, 4) is 0 Å². The third-order valence-electron chi connectivity index (χ3n) is 4.09. The largest absolute Gasteiger partial charge is 0.467 e. The van der Waals surface area contributed by atoms with Crippen LogP contribution >= 0.6 is 0 Å². The molecule has 124 valence electrons. The van der Waals surface area contributed by atoms with Crippen LogP contribution in [0.4, 0.5) is 0 Å². The van der Waals surface area contributed by atoms with Gasteiger partial charge in [-0.05, 0) is 31.5 Å². The van der Waals surface area contributed by atoms with Crippen molar-refractivity contribution in [2.45, 2.75) is 26.9 Å². The van der Waals surface area contributed by atoms with E-state index in [9.17, 15) is 4.79 Å². The number of furan rings is 1. The number of aryl methyl sites for hydroxylation is 1. The molecule has 1 aromatic carbocycles. The van der Waals surface area contributed by atoms with Crippen LogP contribution in [0.3, 0.4) is 0 Å². The Hall–Kier alpha value is -2.82. The SMILES string of the molecule is Cc1nn(Cc2ccccc2)c(C)c1C(=O)N(C)Cc1ccco1. The highest BCUT2D eigenvalue weighted by molar-refractivity contribution is 5.96. The van der Waals surface area contributed by atoms with Crippen LogP contribution in [-0.4, -0.2) is 27.6 Å². The lowest BCUT2D eigenvalue weighted by Gasteiger charge is -2.16. The summed E-state index contributed by atoms with van der Waals surface area (Å²) in [6.07, 6.45) is 1.61. The van der Waals surface area contributed by atoms with Crippen molar-refractivity contribution in [2.75, 3.05) is 7.05 Å². The Morgan fingerprint density at radius 3 is 2.58 bits per heavy atom. The van der Waals surface area contributed by atoms with E-state index in [1.54, 1.807) is 18.2 Å². The molecule has 0 bridgehead atoms. The highest BCUT2D eigenvalue weighted by atomic mass is 16.3. The molecule has 2 aromatic heterocycles. The van der Waals surface area contributed by atoms with Gasteiger partial charge in [0, 0.05) is 12.7 Å². The molecule has 5 heteroatoms. The zero-order valence-corrected chi connectivity index (χ0v) is 14.2. The number of aromatic nitrogens is 2. The second-order valence-electron chi connectivity index (χ2n) is 5.93. The maximum atomic E-state index is 12.8. The van der Waals surface area contributed by atoms with Gasteiger partial charge < -0.3 is 9.32 Å². The van der Waals surface area contributed by atoms with Crippen LogP contribution in [-0.2, 0) is 13.1 Å². The number of amides is 1. The molecule has 0 unspecified atom stereocenters. The van der Waals surface area contributed by atoms with Crippen LogP contribution in [0.1, 0.15) is 33.1 Å². The quantitative estimate of drug-likeness (QED) is 0.723. The van der Waals surface area contributed by atoms with E-state index >= 15 is 0 Å². The van der Waals surface area contributed by atoms with Crippen LogP contribution in [0.5, 0.6) is 0 Å². The molecule has 2 heterocycles. The Morgan fingerprint density at radius 2 is 1.92 bits per heavy atom. The van der Waals surface area contributed by atoms with Gasteiger partial charge in [0.25, 0.3) is 5.91 Å². The van der Waals surface area contributed by atoms with Gasteiger partial charge in [0.15, 0.2) is 0 Å². The normalized spacial score (nSPS) is 10.8. The van der Waals surface area contributed by atoms with E-state index in [1.165, 1.54) is 0 Å². The molecule has 0 aliphatic carbocycles. The number of nitrogens with zero attached hydrogens (tertiary/aromatic N) is 3. The Kier molecular flexibility index (Phi) is 4.51. The van der Waals surface area contributed by atoms with E-state index < -0.39 is 0 Å². The molecule has 0 atom stereocenters. The Morgan fingerprint density at radius 1 is 1.17 bits per heavy atom. The summed E-state index contributed by atoms with van der Waals surface area (Å²) in [6, 6.07) is 13.8. The first-order valence-corrected chi connectivity index (χ1v) is 7.92. The first kappa shape index (κ1) is 16.1. The maximum absolute atomic E-state index is 12.8. The molecule has 0 fully saturated rings. The summed E-state index contributed by atoms with van der Waals surface area (Å²) in [7, 11) is 1.78. The van der Waals surface area contributed by atoms with Crippen molar-refractivity contribution in [1.29, 1.82) is 0 Å².